The summed E-state index contributed by atoms with van der Waals surface area (Å²) in [5.74, 6) is 1.62. The molecule has 0 N–H and O–H groups in total. The Morgan fingerprint density at radius 1 is 0.943 bits per heavy atom. The van der Waals surface area contributed by atoms with Crippen LogP contribution in [-0.4, -0.2) is 16.1 Å². The van der Waals surface area contributed by atoms with Crippen molar-refractivity contribution >= 4 is 22.5 Å². The van der Waals surface area contributed by atoms with Gasteiger partial charge in [0.25, 0.3) is 0 Å². The van der Waals surface area contributed by atoms with Gasteiger partial charge in [-0.05, 0) is 35.4 Å². The largest absolute Gasteiger partial charge is 0.465 e. The summed E-state index contributed by atoms with van der Waals surface area (Å²) in [6.07, 6.45) is 2.48. The van der Waals surface area contributed by atoms with Gasteiger partial charge in [-0.3, -0.25) is 9.59 Å². The molecule has 1 aliphatic heterocycles. The highest BCUT2D eigenvalue weighted by Crippen LogP contribution is 2.53. The number of para-hydroxylation sites is 1. The Kier molecular flexibility index (Phi) is 5.10. The van der Waals surface area contributed by atoms with Gasteiger partial charge < -0.3 is 9.30 Å². The van der Waals surface area contributed by atoms with Crippen LogP contribution in [0.15, 0.2) is 83.3 Å². The fourth-order valence-electron chi connectivity index (χ4n) is 6.13. The lowest BCUT2D eigenvalue weighted by Gasteiger charge is -2.42. The zero-order valence-electron chi connectivity index (χ0n) is 20.6. The quantitative estimate of drug-likeness (QED) is 0.432. The van der Waals surface area contributed by atoms with Crippen molar-refractivity contribution in [2.45, 2.75) is 58.9 Å². The van der Waals surface area contributed by atoms with E-state index in [1.54, 1.807) is 0 Å². The fourth-order valence-corrected chi connectivity index (χ4v) is 6.13. The van der Waals surface area contributed by atoms with Gasteiger partial charge in [0.05, 0.1) is 5.92 Å². The maximum absolute atomic E-state index is 13.6. The van der Waals surface area contributed by atoms with Crippen molar-refractivity contribution < 1.29 is 14.3 Å². The number of carbonyl (C=O) groups excluding carboxylic acids is 2. The van der Waals surface area contributed by atoms with Crippen molar-refractivity contribution in [2.75, 3.05) is 0 Å². The van der Waals surface area contributed by atoms with E-state index in [1.807, 2.05) is 12.1 Å². The molecule has 3 aliphatic rings. The monoisotopic (exact) mass is 465 g/mol. The van der Waals surface area contributed by atoms with Crippen LogP contribution in [0.4, 0.5) is 0 Å². The number of hydrogen-bond donors (Lipinski definition) is 0. The van der Waals surface area contributed by atoms with E-state index >= 15 is 0 Å². The molecule has 4 heteroatoms. The molecular weight excluding hydrogens is 434 g/mol. The standard InChI is InChI=1S/C31H31NO3/c1-19-15-25(34)28-26(16-19)35-30-29(24(33)13-14-31(30,2)3)27(28)23-17-21-11-7-8-12-22(21)32(23)18-20-9-5-4-6-10-20/h4-12,17,19,27H,13-16,18H2,1-3H3. The molecule has 0 saturated heterocycles. The summed E-state index contributed by atoms with van der Waals surface area (Å²) in [6.45, 7) is 7.10. The lowest BCUT2D eigenvalue weighted by molar-refractivity contribution is -0.119. The highest BCUT2D eigenvalue weighted by Gasteiger charge is 2.48. The number of benzene rings is 2. The molecule has 2 aliphatic carbocycles. The summed E-state index contributed by atoms with van der Waals surface area (Å²) >= 11 is 0. The van der Waals surface area contributed by atoms with Gasteiger partial charge in [-0.2, -0.15) is 0 Å². The van der Waals surface area contributed by atoms with Crippen LogP contribution in [0.1, 0.15) is 63.6 Å². The zero-order valence-corrected chi connectivity index (χ0v) is 20.6. The minimum atomic E-state index is -0.392. The first kappa shape index (κ1) is 22.1. The number of aromatic nitrogens is 1. The number of carbonyl (C=O) groups is 2. The number of ether oxygens (including phenoxy) is 1. The van der Waals surface area contributed by atoms with E-state index < -0.39 is 5.92 Å². The fraction of sp³-hybridized carbons (Fsp3) is 0.355. The third-order valence-corrected chi connectivity index (χ3v) is 7.93. The van der Waals surface area contributed by atoms with E-state index in [4.69, 9.17) is 4.74 Å². The molecule has 0 radical (unpaired) electrons. The average molecular weight is 466 g/mol. The molecule has 0 spiro atoms. The van der Waals surface area contributed by atoms with Crippen LogP contribution in [0.3, 0.4) is 0 Å². The summed E-state index contributed by atoms with van der Waals surface area (Å²) in [6, 6.07) is 20.9. The molecule has 2 heterocycles. The SMILES string of the molecule is CC1CC(=O)C2=C(C1)OC1=C(C(=O)CCC1(C)C)C2c1cc2ccccc2n1Cc1ccccc1. The molecule has 178 valence electrons. The summed E-state index contributed by atoms with van der Waals surface area (Å²) in [5, 5.41) is 1.12. The van der Waals surface area contributed by atoms with Crippen molar-refractivity contribution in [1.29, 1.82) is 0 Å². The lowest BCUT2D eigenvalue weighted by Crippen LogP contribution is -2.37. The second kappa shape index (κ2) is 8.08. The summed E-state index contributed by atoms with van der Waals surface area (Å²) in [5.41, 5.74) is 4.45. The second-order valence-electron chi connectivity index (χ2n) is 11.1. The number of hydrogen-bond acceptors (Lipinski definition) is 3. The summed E-state index contributed by atoms with van der Waals surface area (Å²) < 4.78 is 8.81. The molecule has 35 heavy (non-hydrogen) atoms. The Morgan fingerprint density at radius 3 is 2.49 bits per heavy atom. The first-order valence-electron chi connectivity index (χ1n) is 12.7. The first-order chi connectivity index (χ1) is 16.8. The van der Waals surface area contributed by atoms with Gasteiger partial charge in [-0.15, -0.1) is 0 Å². The van der Waals surface area contributed by atoms with Gasteiger partial charge in [-0.25, -0.2) is 0 Å². The molecule has 2 atom stereocenters. The molecule has 4 nitrogen and oxygen atoms in total. The number of ketones is 2. The molecular formula is C31H31NO3. The Bertz CT molecular complexity index is 1420. The summed E-state index contributed by atoms with van der Waals surface area (Å²) in [4.78, 5) is 27.1. The first-order valence-corrected chi connectivity index (χ1v) is 12.7. The Balaban J connectivity index is 1.63. The maximum Gasteiger partial charge on any atom is 0.163 e. The van der Waals surface area contributed by atoms with E-state index in [0.29, 0.717) is 30.5 Å². The number of fused-ring (bicyclic) bond motifs is 1. The average Bonchev–Trinajstić information content (AvgIpc) is 3.19. The molecule has 2 unspecified atom stereocenters. The third-order valence-electron chi connectivity index (χ3n) is 7.93. The van der Waals surface area contributed by atoms with Crippen LogP contribution >= 0.6 is 0 Å². The molecule has 0 amide bonds. The number of allylic oxidation sites excluding steroid dienone is 4. The minimum Gasteiger partial charge on any atom is -0.465 e. The van der Waals surface area contributed by atoms with Gasteiger partial charge in [0.15, 0.2) is 11.6 Å². The van der Waals surface area contributed by atoms with E-state index in [1.165, 1.54) is 5.56 Å². The molecule has 1 aromatic heterocycles. The Labute approximate surface area is 206 Å². The lowest BCUT2D eigenvalue weighted by atomic mass is 9.68. The maximum atomic E-state index is 13.6. The Morgan fingerprint density at radius 2 is 1.69 bits per heavy atom. The molecule has 0 fully saturated rings. The molecule has 0 bridgehead atoms. The van der Waals surface area contributed by atoms with E-state index in [2.05, 4.69) is 73.9 Å². The third kappa shape index (κ3) is 3.58. The van der Waals surface area contributed by atoms with Gasteiger partial charge in [0.2, 0.25) is 0 Å². The number of rotatable bonds is 3. The van der Waals surface area contributed by atoms with Crippen molar-refractivity contribution in [3.05, 3.63) is 94.6 Å². The van der Waals surface area contributed by atoms with Crippen LogP contribution in [0.25, 0.3) is 10.9 Å². The van der Waals surface area contributed by atoms with Gasteiger partial charge in [0, 0.05) is 53.6 Å². The highest BCUT2D eigenvalue weighted by atomic mass is 16.5. The van der Waals surface area contributed by atoms with Crippen LogP contribution in [0.5, 0.6) is 0 Å². The number of Topliss-reactive ketones (excluding diaryl/α,β-unsaturated/α-hetero) is 2. The van der Waals surface area contributed by atoms with E-state index in [-0.39, 0.29) is 22.9 Å². The Hall–Kier alpha value is -3.40. The van der Waals surface area contributed by atoms with Gasteiger partial charge in [-0.1, -0.05) is 69.3 Å². The van der Waals surface area contributed by atoms with Crippen molar-refractivity contribution in [3.63, 3.8) is 0 Å². The van der Waals surface area contributed by atoms with E-state index in [9.17, 15) is 9.59 Å². The molecule has 0 saturated carbocycles. The normalized spacial score (nSPS) is 23.9. The van der Waals surface area contributed by atoms with Crippen LogP contribution < -0.4 is 0 Å². The van der Waals surface area contributed by atoms with Crippen LogP contribution in [0, 0.1) is 11.3 Å². The van der Waals surface area contributed by atoms with Gasteiger partial charge >= 0.3 is 0 Å². The van der Waals surface area contributed by atoms with Crippen molar-refractivity contribution in [2.24, 2.45) is 11.3 Å². The van der Waals surface area contributed by atoms with Crippen molar-refractivity contribution in [1.82, 2.24) is 4.57 Å². The van der Waals surface area contributed by atoms with Crippen LogP contribution in [-0.2, 0) is 20.9 Å². The molecule has 3 aromatic rings. The summed E-state index contributed by atoms with van der Waals surface area (Å²) in [7, 11) is 0. The zero-order chi connectivity index (χ0) is 24.3. The predicted octanol–water partition coefficient (Wildman–Crippen LogP) is 6.70. The van der Waals surface area contributed by atoms with Crippen LogP contribution in [0.2, 0.25) is 0 Å². The topological polar surface area (TPSA) is 48.3 Å². The predicted molar refractivity (Wildman–Crippen MR) is 137 cm³/mol. The smallest absolute Gasteiger partial charge is 0.163 e. The van der Waals surface area contributed by atoms with Crippen molar-refractivity contribution in [3.8, 4) is 0 Å². The highest BCUT2D eigenvalue weighted by molar-refractivity contribution is 6.06. The van der Waals surface area contributed by atoms with E-state index in [0.717, 1.165) is 41.0 Å². The van der Waals surface area contributed by atoms with Gasteiger partial charge in [0.1, 0.15) is 11.5 Å². The molecule has 6 rings (SSSR count). The molecule has 2 aromatic carbocycles. The minimum absolute atomic E-state index is 0.110. The second-order valence-corrected chi connectivity index (χ2v) is 11.1. The number of nitrogens with zero attached hydrogens (tertiary/aromatic N) is 1.